The number of nitrogens with one attached hydrogen (secondary N) is 1. The van der Waals surface area contributed by atoms with Gasteiger partial charge >= 0.3 is 0 Å². The zero-order valence-electron chi connectivity index (χ0n) is 9.22. The van der Waals surface area contributed by atoms with E-state index in [-0.39, 0.29) is 12.4 Å². The number of rotatable bonds is 6. The third-order valence-corrected chi connectivity index (χ3v) is 2.22. The van der Waals surface area contributed by atoms with Crippen LogP contribution < -0.4 is 10.1 Å². The van der Waals surface area contributed by atoms with Gasteiger partial charge in [0.15, 0.2) is 11.6 Å². The Morgan fingerprint density at radius 2 is 2.31 bits per heavy atom. The van der Waals surface area contributed by atoms with Crippen LogP contribution in [0, 0.1) is 5.82 Å². The molecule has 0 aliphatic heterocycles. The summed E-state index contributed by atoms with van der Waals surface area (Å²) in [6.45, 7) is 7.34. The van der Waals surface area contributed by atoms with Gasteiger partial charge in [0, 0.05) is 16.6 Å². The fraction of sp³-hybridized carbons (Fsp3) is 0.333. The van der Waals surface area contributed by atoms with Gasteiger partial charge in [-0.25, -0.2) is 4.39 Å². The van der Waals surface area contributed by atoms with Crippen LogP contribution in [-0.4, -0.2) is 13.2 Å². The molecule has 0 aliphatic carbocycles. The van der Waals surface area contributed by atoms with Crippen molar-refractivity contribution in [1.82, 2.24) is 5.32 Å². The van der Waals surface area contributed by atoms with Gasteiger partial charge in [-0.1, -0.05) is 41.6 Å². The molecule has 4 heteroatoms. The lowest BCUT2D eigenvalue weighted by atomic mass is 10.2. The van der Waals surface area contributed by atoms with Gasteiger partial charge < -0.3 is 10.1 Å². The lowest BCUT2D eigenvalue weighted by molar-refractivity contribution is 0.334. The van der Waals surface area contributed by atoms with Gasteiger partial charge in [-0.2, -0.15) is 0 Å². The van der Waals surface area contributed by atoms with Crippen LogP contribution in [0.1, 0.15) is 12.5 Å². The average Bonchev–Trinajstić information content (AvgIpc) is 2.24. The highest BCUT2D eigenvalue weighted by molar-refractivity contribution is 9.11. The molecular weight excluding hydrogens is 273 g/mol. The van der Waals surface area contributed by atoms with Gasteiger partial charge in [-0.3, -0.25) is 0 Å². The minimum Gasteiger partial charge on any atom is -0.485 e. The van der Waals surface area contributed by atoms with E-state index in [1.165, 1.54) is 6.07 Å². The lowest BCUT2D eigenvalue weighted by Crippen LogP contribution is -2.13. The highest BCUT2D eigenvalue weighted by atomic mass is 79.9. The maximum absolute atomic E-state index is 13.5. The van der Waals surface area contributed by atoms with E-state index in [1.807, 2.05) is 13.0 Å². The van der Waals surface area contributed by atoms with Gasteiger partial charge in [-0.15, -0.1) is 0 Å². The van der Waals surface area contributed by atoms with E-state index in [4.69, 9.17) is 4.74 Å². The molecule has 0 aromatic heterocycles. The summed E-state index contributed by atoms with van der Waals surface area (Å²) in [5.74, 6) is -0.0480. The molecule has 0 radical (unpaired) electrons. The zero-order chi connectivity index (χ0) is 12.0. The van der Waals surface area contributed by atoms with Crippen molar-refractivity contribution >= 4 is 15.9 Å². The van der Waals surface area contributed by atoms with E-state index in [2.05, 4.69) is 27.8 Å². The number of hydrogen-bond donors (Lipinski definition) is 1. The maximum atomic E-state index is 13.5. The molecule has 1 N–H and O–H groups in total. The molecule has 1 aromatic rings. The number of benzene rings is 1. The Hall–Kier alpha value is -0.870. The molecular formula is C12H15BrFNO. The van der Waals surface area contributed by atoms with E-state index < -0.39 is 0 Å². The second kappa shape index (κ2) is 6.66. The van der Waals surface area contributed by atoms with Crippen LogP contribution in [0.2, 0.25) is 0 Å². The fourth-order valence-electron chi connectivity index (χ4n) is 1.26. The van der Waals surface area contributed by atoms with Crippen molar-refractivity contribution in [3.8, 4) is 5.75 Å². The quantitative estimate of drug-likeness (QED) is 0.867. The first-order chi connectivity index (χ1) is 7.65. The average molecular weight is 288 g/mol. The van der Waals surface area contributed by atoms with E-state index in [1.54, 1.807) is 6.07 Å². The van der Waals surface area contributed by atoms with Crippen molar-refractivity contribution in [3.63, 3.8) is 0 Å². The van der Waals surface area contributed by atoms with Gasteiger partial charge in [0.2, 0.25) is 0 Å². The molecule has 0 saturated carbocycles. The predicted molar refractivity (Wildman–Crippen MR) is 67.3 cm³/mol. The summed E-state index contributed by atoms with van der Waals surface area (Å²) < 4.78 is 19.6. The second-order valence-corrected chi connectivity index (χ2v) is 4.44. The van der Waals surface area contributed by atoms with E-state index in [9.17, 15) is 4.39 Å². The smallest absolute Gasteiger partial charge is 0.165 e. The van der Waals surface area contributed by atoms with Crippen molar-refractivity contribution in [1.29, 1.82) is 0 Å². The van der Waals surface area contributed by atoms with Crippen molar-refractivity contribution in [2.45, 2.75) is 13.5 Å². The zero-order valence-corrected chi connectivity index (χ0v) is 10.8. The third-order valence-electron chi connectivity index (χ3n) is 1.99. The molecule has 0 saturated heterocycles. The van der Waals surface area contributed by atoms with Crippen LogP contribution in [0.5, 0.6) is 5.75 Å². The molecule has 0 aliphatic rings. The van der Waals surface area contributed by atoms with Crippen LogP contribution in [-0.2, 0) is 6.54 Å². The largest absolute Gasteiger partial charge is 0.485 e. The molecule has 88 valence electrons. The predicted octanol–water partition coefficient (Wildman–Crippen LogP) is 3.22. The van der Waals surface area contributed by atoms with E-state index >= 15 is 0 Å². The molecule has 0 amide bonds. The standard InChI is InChI=1S/C12H15BrFNO/c1-3-15-7-10-5-4-6-11(14)12(10)16-8-9(2)13/h4-6,15H,2-3,7-8H2,1H3. The highest BCUT2D eigenvalue weighted by Gasteiger charge is 2.09. The molecule has 1 rings (SSSR count). The molecule has 0 spiro atoms. The normalized spacial score (nSPS) is 10.2. The van der Waals surface area contributed by atoms with E-state index in [0.717, 1.165) is 12.1 Å². The molecule has 16 heavy (non-hydrogen) atoms. The van der Waals surface area contributed by atoms with Crippen LogP contribution in [0.25, 0.3) is 0 Å². The summed E-state index contributed by atoms with van der Waals surface area (Å²) in [7, 11) is 0. The molecule has 0 atom stereocenters. The van der Waals surface area contributed by atoms with Crippen molar-refractivity contribution in [2.75, 3.05) is 13.2 Å². The van der Waals surface area contributed by atoms with Gasteiger partial charge in [0.25, 0.3) is 0 Å². The van der Waals surface area contributed by atoms with Gasteiger partial charge in [-0.05, 0) is 12.6 Å². The van der Waals surface area contributed by atoms with Crippen LogP contribution in [0.3, 0.4) is 0 Å². The first-order valence-corrected chi connectivity index (χ1v) is 5.88. The first-order valence-electron chi connectivity index (χ1n) is 5.09. The Morgan fingerprint density at radius 1 is 1.56 bits per heavy atom. The molecule has 0 heterocycles. The summed E-state index contributed by atoms with van der Waals surface area (Å²) in [5, 5.41) is 3.14. The lowest BCUT2D eigenvalue weighted by Gasteiger charge is -2.12. The fourth-order valence-corrected chi connectivity index (χ4v) is 1.38. The topological polar surface area (TPSA) is 21.3 Å². The minimum atomic E-state index is -0.343. The Labute approximate surface area is 104 Å². The van der Waals surface area contributed by atoms with Crippen LogP contribution >= 0.6 is 15.9 Å². The van der Waals surface area contributed by atoms with Gasteiger partial charge in [0.1, 0.15) is 6.61 Å². The van der Waals surface area contributed by atoms with E-state index in [0.29, 0.717) is 16.8 Å². The summed E-state index contributed by atoms with van der Waals surface area (Å²) in [6, 6.07) is 4.91. The minimum absolute atomic E-state index is 0.264. The Bertz CT molecular complexity index is 368. The van der Waals surface area contributed by atoms with Crippen LogP contribution in [0.4, 0.5) is 4.39 Å². The Balaban J connectivity index is 2.80. The molecule has 0 bridgehead atoms. The SMILES string of the molecule is C=C(Br)COc1c(F)cccc1CNCC. The Morgan fingerprint density at radius 3 is 2.94 bits per heavy atom. The van der Waals surface area contributed by atoms with Crippen LogP contribution in [0.15, 0.2) is 29.3 Å². The molecule has 0 unspecified atom stereocenters. The van der Waals surface area contributed by atoms with Crippen molar-refractivity contribution < 1.29 is 9.13 Å². The van der Waals surface area contributed by atoms with Gasteiger partial charge in [0.05, 0.1) is 0 Å². The first kappa shape index (κ1) is 13.2. The number of halogens is 2. The third kappa shape index (κ3) is 3.94. The summed E-state index contributed by atoms with van der Waals surface area (Å²) >= 11 is 3.18. The second-order valence-electron chi connectivity index (χ2n) is 3.31. The summed E-state index contributed by atoms with van der Waals surface area (Å²) in [4.78, 5) is 0. The molecule has 2 nitrogen and oxygen atoms in total. The maximum Gasteiger partial charge on any atom is 0.165 e. The monoisotopic (exact) mass is 287 g/mol. The van der Waals surface area contributed by atoms with Crippen molar-refractivity contribution in [3.05, 3.63) is 40.6 Å². The molecule has 0 fully saturated rings. The number of hydrogen-bond acceptors (Lipinski definition) is 2. The number of ether oxygens (including phenoxy) is 1. The highest BCUT2D eigenvalue weighted by Crippen LogP contribution is 2.23. The summed E-state index contributed by atoms with van der Waals surface area (Å²) in [5.41, 5.74) is 0.815. The van der Waals surface area contributed by atoms with Crippen molar-refractivity contribution in [2.24, 2.45) is 0 Å². The Kier molecular flexibility index (Phi) is 5.49. The summed E-state index contributed by atoms with van der Waals surface area (Å²) in [6.07, 6.45) is 0. The number of para-hydroxylation sites is 1. The molecule has 1 aromatic carbocycles.